The first-order valence-corrected chi connectivity index (χ1v) is 16.2. The predicted octanol–water partition coefficient (Wildman–Crippen LogP) is 2.17. The lowest BCUT2D eigenvalue weighted by molar-refractivity contribution is -0.136. The Hall–Kier alpha value is -2.96. The molecular weight excluding hydrogens is 530 g/mol. The lowest BCUT2D eigenvalue weighted by atomic mass is 9.52. The summed E-state index contributed by atoms with van der Waals surface area (Å²) < 4.78 is 25.1. The molecule has 2 amide bonds. The highest BCUT2D eigenvalue weighted by Gasteiger charge is 2.55. The average Bonchev–Trinajstić information content (AvgIpc) is 2.93. The van der Waals surface area contributed by atoms with E-state index in [2.05, 4.69) is 20.2 Å². The lowest BCUT2D eigenvalue weighted by Gasteiger charge is -2.58. The summed E-state index contributed by atoms with van der Waals surface area (Å²) in [5, 5.41) is 14.3. The average molecular weight is 568 g/mol. The number of hydrogen-bond acceptors (Lipinski definition) is 8. The Morgan fingerprint density at radius 1 is 0.950 bits per heavy atom. The van der Waals surface area contributed by atoms with Crippen LogP contribution >= 0.6 is 0 Å². The van der Waals surface area contributed by atoms with Crippen molar-refractivity contribution in [2.75, 3.05) is 60.2 Å². The molecule has 2 aliphatic heterocycles. The number of hydrogen-bond donors (Lipinski definition) is 2. The topological polar surface area (TPSA) is 122 Å². The van der Waals surface area contributed by atoms with Gasteiger partial charge in [-0.25, -0.2) is 23.2 Å². The van der Waals surface area contributed by atoms with Crippen LogP contribution in [0.2, 0.25) is 0 Å². The quantitative estimate of drug-likeness (QED) is 0.577. The number of sulfonamides is 1. The second-order valence-corrected chi connectivity index (χ2v) is 14.3. The number of piperazine rings is 1. The van der Waals surface area contributed by atoms with Gasteiger partial charge in [0.2, 0.25) is 16.0 Å². The number of urea groups is 1. The number of amides is 2. The molecular formula is C28H37N7O4S. The van der Waals surface area contributed by atoms with Gasteiger partial charge in [-0.2, -0.15) is 4.31 Å². The molecule has 0 unspecified atom stereocenters. The minimum Gasteiger partial charge on any atom is -0.390 e. The number of nitrogens with one attached hydrogen (secondary N) is 1. The number of aliphatic hydroxyl groups is 1. The van der Waals surface area contributed by atoms with Gasteiger partial charge < -0.3 is 20.2 Å². The van der Waals surface area contributed by atoms with Crippen LogP contribution in [0.25, 0.3) is 0 Å². The van der Waals surface area contributed by atoms with Crippen LogP contribution in [0.4, 0.5) is 27.8 Å². The number of benzene rings is 1. The number of fused-ring (bicyclic) bond motifs is 1. The Balaban J connectivity index is 1.05. The van der Waals surface area contributed by atoms with Crippen LogP contribution in [-0.2, 0) is 10.0 Å². The SMILES string of the molecule is CS(=O)(=O)N1CCN(c2ncc(N3CCN(C(=O)NC4[C@H]5CC6C[C@H]4CC(O)(C6)C5)c4ccccc43)cn2)CC1. The molecule has 3 heterocycles. The minimum absolute atomic E-state index is 0.0589. The zero-order chi connectivity index (χ0) is 27.6. The van der Waals surface area contributed by atoms with Crippen molar-refractivity contribution >= 4 is 39.1 Å². The molecule has 5 fully saturated rings. The number of aromatic nitrogens is 2. The third-order valence-electron chi connectivity index (χ3n) is 9.71. The monoisotopic (exact) mass is 567 g/mol. The largest absolute Gasteiger partial charge is 0.390 e. The van der Waals surface area contributed by atoms with E-state index in [0.29, 0.717) is 63.0 Å². The van der Waals surface area contributed by atoms with Crippen LogP contribution < -0.4 is 20.0 Å². The van der Waals surface area contributed by atoms with E-state index in [1.807, 2.05) is 34.1 Å². The number of carbonyl (C=O) groups is 1. The van der Waals surface area contributed by atoms with E-state index in [4.69, 9.17) is 0 Å². The highest BCUT2D eigenvalue weighted by Crippen LogP contribution is 2.55. The van der Waals surface area contributed by atoms with Crippen LogP contribution in [0, 0.1) is 17.8 Å². The van der Waals surface area contributed by atoms with Gasteiger partial charge in [0.15, 0.2) is 0 Å². The minimum atomic E-state index is -3.19. The fourth-order valence-corrected chi connectivity index (χ4v) is 8.94. The smallest absolute Gasteiger partial charge is 0.322 e. The molecule has 0 spiro atoms. The molecule has 1 aromatic carbocycles. The van der Waals surface area contributed by atoms with Gasteiger partial charge >= 0.3 is 6.03 Å². The summed E-state index contributed by atoms with van der Waals surface area (Å²) in [4.78, 5) is 28.9. The van der Waals surface area contributed by atoms with Gasteiger partial charge in [-0.15, -0.1) is 0 Å². The summed E-state index contributed by atoms with van der Waals surface area (Å²) in [5.41, 5.74) is 2.12. The summed E-state index contributed by atoms with van der Waals surface area (Å²) in [6.45, 7) is 3.08. The molecule has 6 aliphatic rings. The molecule has 1 saturated heterocycles. The molecule has 4 aliphatic carbocycles. The first-order chi connectivity index (χ1) is 19.2. The fourth-order valence-electron chi connectivity index (χ4n) is 8.12. The molecule has 12 heteroatoms. The summed E-state index contributed by atoms with van der Waals surface area (Å²) in [6.07, 6.45) is 9.60. The zero-order valence-corrected chi connectivity index (χ0v) is 23.6. The Labute approximate surface area is 235 Å². The second-order valence-electron chi connectivity index (χ2n) is 12.4. The molecule has 4 saturated carbocycles. The zero-order valence-electron chi connectivity index (χ0n) is 22.8. The molecule has 2 aromatic rings. The summed E-state index contributed by atoms with van der Waals surface area (Å²) in [6, 6.07) is 8.01. The van der Waals surface area contributed by atoms with Gasteiger partial charge in [0.05, 0.1) is 41.3 Å². The van der Waals surface area contributed by atoms with E-state index in [1.54, 1.807) is 12.4 Å². The van der Waals surface area contributed by atoms with Crippen molar-refractivity contribution in [1.29, 1.82) is 0 Å². The lowest BCUT2D eigenvalue weighted by Crippen LogP contribution is -2.63. The van der Waals surface area contributed by atoms with Crippen LogP contribution in [-0.4, -0.2) is 91.0 Å². The van der Waals surface area contributed by atoms with E-state index in [0.717, 1.165) is 49.2 Å². The summed E-state index contributed by atoms with van der Waals surface area (Å²) in [7, 11) is -3.19. The van der Waals surface area contributed by atoms with Gasteiger partial charge in [0, 0.05) is 45.3 Å². The van der Waals surface area contributed by atoms with Gasteiger partial charge in [-0.3, -0.25) is 4.90 Å². The van der Waals surface area contributed by atoms with Crippen molar-refractivity contribution < 1.29 is 18.3 Å². The standard InChI is InChI=1S/C28H37N7O4S/c1-40(38,39)33-8-6-32(7-9-33)26-29-17-22(18-30-26)34-10-11-35(24-5-3-2-4-23(24)34)27(36)31-25-20-12-19-13-21(25)16-28(37,14-19)15-20/h2-5,17-21,25,37H,6-16H2,1H3,(H,31,36)/t19?,20-,21-,25?,28?/m0/s1. The van der Waals surface area contributed by atoms with Crippen molar-refractivity contribution in [1.82, 2.24) is 19.6 Å². The van der Waals surface area contributed by atoms with Gasteiger partial charge in [0.1, 0.15) is 0 Å². The van der Waals surface area contributed by atoms with Crippen LogP contribution in [0.5, 0.6) is 0 Å². The third-order valence-corrected chi connectivity index (χ3v) is 11.0. The Morgan fingerprint density at radius 2 is 1.60 bits per heavy atom. The van der Waals surface area contributed by atoms with E-state index < -0.39 is 15.6 Å². The fraction of sp³-hybridized carbons (Fsp3) is 0.607. The van der Waals surface area contributed by atoms with Crippen molar-refractivity contribution in [2.45, 2.75) is 43.7 Å². The molecule has 8 rings (SSSR count). The predicted molar refractivity (Wildman–Crippen MR) is 152 cm³/mol. The van der Waals surface area contributed by atoms with E-state index in [1.165, 1.54) is 10.6 Å². The first kappa shape index (κ1) is 26.0. The number of carbonyl (C=O) groups excluding carboxylic acids is 1. The van der Waals surface area contributed by atoms with E-state index >= 15 is 0 Å². The molecule has 2 atom stereocenters. The Morgan fingerprint density at radius 3 is 2.23 bits per heavy atom. The van der Waals surface area contributed by atoms with Gasteiger partial charge in [-0.1, -0.05) is 12.1 Å². The Kier molecular flexibility index (Phi) is 6.21. The molecule has 11 nitrogen and oxygen atoms in total. The highest BCUT2D eigenvalue weighted by molar-refractivity contribution is 7.88. The van der Waals surface area contributed by atoms with Crippen molar-refractivity contribution in [3.63, 3.8) is 0 Å². The van der Waals surface area contributed by atoms with Crippen molar-refractivity contribution in [3.05, 3.63) is 36.7 Å². The van der Waals surface area contributed by atoms with Gasteiger partial charge in [0.25, 0.3) is 0 Å². The molecule has 4 bridgehead atoms. The molecule has 214 valence electrons. The van der Waals surface area contributed by atoms with Gasteiger partial charge in [-0.05, 0) is 62.0 Å². The summed E-state index contributed by atoms with van der Waals surface area (Å²) in [5.74, 6) is 1.91. The molecule has 1 aromatic heterocycles. The van der Waals surface area contributed by atoms with Crippen LogP contribution in [0.3, 0.4) is 0 Å². The summed E-state index contributed by atoms with van der Waals surface area (Å²) >= 11 is 0. The number of para-hydroxylation sites is 2. The third kappa shape index (κ3) is 4.59. The maximum atomic E-state index is 13.6. The maximum Gasteiger partial charge on any atom is 0.322 e. The molecule has 2 N–H and O–H groups in total. The van der Waals surface area contributed by atoms with E-state index in [9.17, 15) is 18.3 Å². The number of rotatable bonds is 4. The van der Waals surface area contributed by atoms with E-state index in [-0.39, 0.29) is 12.1 Å². The second kappa shape index (κ2) is 9.56. The number of anilines is 4. The Bertz CT molecular complexity index is 1380. The number of nitrogens with zero attached hydrogens (tertiary/aromatic N) is 6. The van der Waals surface area contributed by atoms with Crippen LogP contribution in [0.15, 0.2) is 36.7 Å². The first-order valence-electron chi connectivity index (χ1n) is 14.4. The molecule has 0 radical (unpaired) electrons. The normalized spacial score (nSPS) is 31.8. The van der Waals surface area contributed by atoms with Crippen molar-refractivity contribution in [2.24, 2.45) is 17.8 Å². The van der Waals surface area contributed by atoms with Crippen molar-refractivity contribution in [3.8, 4) is 0 Å². The maximum absolute atomic E-state index is 13.6. The highest BCUT2D eigenvalue weighted by atomic mass is 32.2. The molecule has 40 heavy (non-hydrogen) atoms. The van der Waals surface area contributed by atoms with Crippen LogP contribution in [0.1, 0.15) is 32.1 Å².